The Kier molecular flexibility index (Phi) is 7.23. The van der Waals surface area contributed by atoms with Gasteiger partial charge in [0, 0.05) is 18.8 Å². The number of amides is 2. The molecule has 1 aromatic carbocycles. The van der Waals surface area contributed by atoms with Crippen LogP contribution in [0.1, 0.15) is 26.3 Å². The van der Waals surface area contributed by atoms with Gasteiger partial charge in [-0.1, -0.05) is 44.2 Å². The van der Waals surface area contributed by atoms with Crippen LogP contribution >= 0.6 is 11.8 Å². The second kappa shape index (κ2) is 8.44. The quantitative estimate of drug-likeness (QED) is 0.689. The van der Waals surface area contributed by atoms with Crippen LogP contribution in [0.25, 0.3) is 0 Å². The molecule has 0 aliphatic carbocycles. The second-order valence-corrected chi connectivity index (χ2v) is 7.66. The number of carbonyl (C=O) groups is 1. The van der Waals surface area contributed by atoms with E-state index in [9.17, 15) is 9.90 Å². The van der Waals surface area contributed by atoms with Crippen molar-refractivity contribution in [3.05, 3.63) is 35.9 Å². The molecule has 1 atom stereocenters. The van der Waals surface area contributed by atoms with E-state index in [1.54, 1.807) is 18.7 Å². The second-order valence-electron chi connectivity index (χ2n) is 6.79. The van der Waals surface area contributed by atoms with Crippen molar-refractivity contribution in [2.45, 2.75) is 32.8 Å². The van der Waals surface area contributed by atoms with Crippen molar-refractivity contribution in [3.63, 3.8) is 0 Å². The molecule has 124 valence electrons. The Bertz CT molecular complexity index is 461. The van der Waals surface area contributed by atoms with Gasteiger partial charge in [-0.3, -0.25) is 0 Å². The van der Waals surface area contributed by atoms with E-state index in [-0.39, 0.29) is 18.0 Å². The fraction of sp³-hybridized carbons (Fsp3) is 0.588. The Morgan fingerprint density at radius 1 is 1.14 bits per heavy atom. The standard InChI is InChI=1S/C17H28N2O2S/c1-16(2,10-14-8-6-5-7-9-14)11-18-15(20)19-12-17(3,21)13-22-4/h5-9,21H,10-13H2,1-4H3,(H2,18,19,20). The maximum atomic E-state index is 11.9. The number of benzene rings is 1. The molecule has 0 heterocycles. The molecule has 5 heteroatoms. The minimum absolute atomic E-state index is 0.0273. The van der Waals surface area contributed by atoms with Crippen LogP contribution in [-0.2, 0) is 6.42 Å². The van der Waals surface area contributed by atoms with Gasteiger partial charge in [-0.15, -0.1) is 0 Å². The van der Waals surface area contributed by atoms with Gasteiger partial charge in [-0.2, -0.15) is 11.8 Å². The molecule has 4 nitrogen and oxygen atoms in total. The van der Waals surface area contributed by atoms with Crippen LogP contribution < -0.4 is 10.6 Å². The van der Waals surface area contributed by atoms with E-state index in [4.69, 9.17) is 0 Å². The highest BCUT2D eigenvalue weighted by atomic mass is 32.2. The van der Waals surface area contributed by atoms with Crippen LogP contribution in [0.15, 0.2) is 30.3 Å². The molecule has 0 spiro atoms. The average molecular weight is 324 g/mol. The Morgan fingerprint density at radius 3 is 2.32 bits per heavy atom. The van der Waals surface area contributed by atoms with Gasteiger partial charge >= 0.3 is 6.03 Å². The lowest BCUT2D eigenvalue weighted by molar-refractivity contribution is 0.0868. The molecule has 1 unspecified atom stereocenters. The number of urea groups is 1. The Labute approximate surface area is 138 Å². The maximum absolute atomic E-state index is 11.9. The van der Waals surface area contributed by atoms with Crippen molar-refractivity contribution in [2.75, 3.05) is 25.1 Å². The van der Waals surface area contributed by atoms with Crippen LogP contribution in [-0.4, -0.2) is 41.8 Å². The largest absolute Gasteiger partial charge is 0.387 e. The molecule has 3 N–H and O–H groups in total. The van der Waals surface area contributed by atoms with Gasteiger partial charge in [-0.25, -0.2) is 4.79 Å². The first-order chi connectivity index (χ1) is 10.2. The summed E-state index contributed by atoms with van der Waals surface area (Å²) in [6, 6.07) is 10.0. The zero-order valence-corrected chi connectivity index (χ0v) is 14.8. The zero-order chi connectivity index (χ0) is 16.6. The molecule has 22 heavy (non-hydrogen) atoms. The first kappa shape index (κ1) is 18.8. The molecular formula is C17H28N2O2S. The molecule has 0 aliphatic heterocycles. The smallest absolute Gasteiger partial charge is 0.314 e. The van der Waals surface area contributed by atoms with Crippen LogP contribution in [0.2, 0.25) is 0 Å². The van der Waals surface area contributed by atoms with Gasteiger partial charge in [0.15, 0.2) is 0 Å². The maximum Gasteiger partial charge on any atom is 0.314 e. The molecule has 0 radical (unpaired) electrons. The van der Waals surface area contributed by atoms with Gasteiger partial charge in [0.2, 0.25) is 0 Å². The summed E-state index contributed by atoms with van der Waals surface area (Å²) in [6.45, 7) is 6.81. The number of hydrogen-bond acceptors (Lipinski definition) is 3. The number of hydrogen-bond donors (Lipinski definition) is 3. The van der Waals surface area contributed by atoms with Crippen molar-refractivity contribution in [1.29, 1.82) is 0 Å². The third-order valence-corrected chi connectivity index (χ3v) is 4.25. The molecule has 1 rings (SSSR count). The number of thioether (sulfide) groups is 1. The predicted molar refractivity (Wildman–Crippen MR) is 94.3 cm³/mol. The van der Waals surface area contributed by atoms with Gasteiger partial charge in [-0.05, 0) is 30.6 Å². The van der Waals surface area contributed by atoms with E-state index < -0.39 is 5.60 Å². The van der Waals surface area contributed by atoms with Crippen molar-refractivity contribution in [2.24, 2.45) is 5.41 Å². The van der Waals surface area contributed by atoms with Crippen LogP contribution in [0.5, 0.6) is 0 Å². The monoisotopic (exact) mass is 324 g/mol. The van der Waals surface area contributed by atoms with Gasteiger partial charge < -0.3 is 15.7 Å². The molecule has 2 amide bonds. The van der Waals surface area contributed by atoms with Gasteiger partial charge in [0.05, 0.1) is 5.60 Å². The number of rotatable bonds is 8. The number of aliphatic hydroxyl groups is 1. The van der Waals surface area contributed by atoms with Crippen molar-refractivity contribution in [1.82, 2.24) is 10.6 Å². The highest BCUT2D eigenvalue weighted by molar-refractivity contribution is 7.98. The summed E-state index contributed by atoms with van der Waals surface area (Å²) in [7, 11) is 0. The summed E-state index contributed by atoms with van der Waals surface area (Å²) >= 11 is 1.56. The fourth-order valence-electron chi connectivity index (χ4n) is 2.23. The average Bonchev–Trinajstić information content (AvgIpc) is 2.44. The molecule has 0 saturated carbocycles. The van der Waals surface area contributed by atoms with E-state index in [0.29, 0.717) is 12.3 Å². The van der Waals surface area contributed by atoms with Crippen LogP contribution in [0.4, 0.5) is 4.79 Å². The SMILES string of the molecule is CSCC(C)(O)CNC(=O)NCC(C)(C)Cc1ccccc1. The van der Waals surface area contributed by atoms with Gasteiger partial charge in [0.25, 0.3) is 0 Å². The lowest BCUT2D eigenvalue weighted by Gasteiger charge is -2.26. The van der Waals surface area contributed by atoms with Crippen molar-refractivity contribution < 1.29 is 9.90 Å². The topological polar surface area (TPSA) is 61.4 Å². The van der Waals surface area contributed by atoms with Crippen LogP contribution in [0.3, 0.4) is 0 Å². The minimum atomic E-state index is -0.879. The molecule has 1 aromatic rings. The number of carbonyl (C=O) groups excluding carboxylic acids is 1. The lowest BCUT2D eigenvalue weighted by atomic mass is 9.86. The summed E-state index contributed by atoms with van der Waals surface area (Å²) in [5.41, 5.74) is 0.356. The molecule has 0 aromatic heterocycles. The molecule has 0 aliphatic rings. The number of nitrogens with one attached hydrogen (secondary N) is 2. The Morgan fingerprint density at radius 2 is 1.73 bits per heavy atom. The summed E-state index contributed by atoms with van der Waals surface area (Å²) in [5, 5.41) is 15.6. The predicted octanol–water partition coefficient (Wildman–Crippen LogP) is 2.67. The highest BCUT2D eigenvalue weighted by Gasteiger charge is 2.22. The first-order valence-electron chi connectivity index (χ1n) is 7.51. The summed E-state index contributed by atoms with van der Waals surface area (Å²) in [5.74, 6) is 0.590. The van der Waals surface area contributed by atoms with E-state index in [1.165, 1.54) is 5.56 Å². The van der Waals surface area contributed by atoms with Crippen molar-refractivity contribution >= 4 is 17.8 Å². The lowest BCUT2D eigenvalue weighted by Crippen LogP contribution is -2.48. The summed E-state index contributed by atoms with van der Waals surface area (Å²) < 4.78 is 0. The molecular weight excluding hydrogens is 296 g/mol. The van der Waals surface area contributed by atoms with Gasteiger partial charge in [0.1, 0.15) is 0 Å². The van der Waals surface area contributed by atoms with E-state index in [1.807, 2.05) is 24.5 Å². The van der Waals surface area contributed by atoms with E-state index in [2.05, 4.69) is 36.6 Å². The summed E-state index contributed by atoms with van der Waals surface area (Å²) in [6.07, 6.45) is 2.83. The Balaban J connectivity index is 2.36. The van der Waals surface area contributed by atoms with Crippen LogP contribution in [0, 0.1) is 5.41 Å². The third-order valence-electron chi connectivity index (χ3n) is 3.34. The van der Waals surface area contributed by atoms with Crippen molar-refractivity contribution in [3.8, 4) is 0 Å². The fourth-order valence-corrected chi connectivity index (χ4v) is 2.95. The molecule has 0 saturated heterocycles. The highest BCUT2D eigenvalue weighted by Crippen LogP contribution is 2.20. The summed E-state index contributed by atoms with van der Waals surface area (Å²) in [4.78, 5) is 11.9. The van der Waals surface area contributed by atoms with E-state index >= 15 is 0 Å². The van der Waals surface area contributed by atoms with E-state index in [0.717, 1.165) is 6.42 Å². The minimum Gasteiger partial charge on any atom is -0.387 e. The molecule has 0 bridgehead atoms. The third kappa shape index (κ3) is 7.71. The Hall–Kier alpha value is -1.20. The molecule has 0 fully saturated rings. The normalized spacial score (nSPS) is 14.2. The zero-order valence-electron chi connectivity index (χ0n) is 14.0. The first-order valence-corrected chi connectivity index (χ1v) is 8.90.